The van der Waals surface area contributed by atoms with E-state index in [4.69, 9.17) is 9.47 Å². The number of amidine groups is 1. The van der Waals surface area contributed by atoms with E-state index in [1.807, 2.05) is 31.2 Å². The van der Waals surface area contributed by atoms with Crippen LogP contribution in [-0.2, 0) is 25.5 Å². The summed E-state index contributed by atoms with van der Waals surface area (Å²) in [5.41, 5.74) is 3.06. The summed E-state index contributed by atoms with van der Waals surface area (Å²) in [5, 5.41) is 0.417. The van der Waals surface area contributed by atoms with Crippen LogP contribution in [-0.4, -0.2) is 47.5 Å². The first-order valence-electron chi connectivity index (χ1n) is 9.02. The minimum absolute atomic E-state index is 0.0435. The highest BCUT2D eigenvalue weighted by molar-refractivity contribution is 8.15. The van der Waals surface area contributed by atoms with Gasteiger partial charge in [0.1, 0.15) is 6.61 Å². The molecule has 2 heterocycles. The molecule has 1 saturated heterocycles. The molecule has 3 rings (SSSR count). The molecule has 0 radical (unpaired) electrons. The molecule has 2 aliphatic heterocycles. The van der Waals surface area contributed by atoms with Crippen molar-refractivity contribution in [1.82, 2.24) is 4.90 Å². The van der Waals surface area contributed by atoms with Crippen molar-refractivity contribution in [2.24, 2.45) is 4.99 Å². The van der Waals surface area contributed by atoms with Gasteiger partial charge >= 0.3 is 5.97 Å². The maximum atomic E-state index is 12.8. The molecule has 0 aromatic heterocycles. The molecule has 6 nitrogen and oxygen atoms in total. The van der Waals surface area contributed by atoms with E-state index in [2.05, 4.69) is 11.9 Å². The number of aryl methyl sites for hydroxylation is 1. The SMILES string of the molecule is CCc1ccc(C2C(C(=O)OCCOC)=C(C)N=C3SC(C)C(=O)N32)cc1. The van der Waals surface area contributed by atoms with Gasteiger partial charge in [-0.05, 0) is 31.4 Å². The number of nitrogens with zero attached hydrogens (tertiary/aromatic N) is 2. The summed E-state index contributed by atoms with van der Waals surface area (Å²) >= 11 is 1.42. The van der Waals surface area contributed by atoms with Gasteiger partial charge < -0.3 is 9.47 Å². The summed E-state index contributed by atoms with van der Waals surface area (Å²) in [5.74, 6) is -0.507. The molecule has 0 bridgehead atoms. The van der Waals surface area contributed by atoms with Crippen LogP contribution in [0.4, 0.5) is 0 Å². The number of carbonyl (C=O) groups excluding carboxylic acids is 2. The Morgan fingerprint density at radius 2 is 1.96 bits per heavy atom. The third-order valence-electron chi connectivity index (χ3n) is 4.70. The van der Waals surface area contributed by atoms with Crippen molar-refractivity contribution in [3.05, 3.63) is 46.7 Å². The summed E-state index contributed by atoms with van der Waals surface area (Å²) in [6.45, 7) is 6.21. The van der Waals surface area contributed by atoms with Crippen LogP contribution in [0.2, 0.25) is 0 Å². The van der Waals surface area contributed by atoms with Gasteiger partial charge in [0.05, 0.1) is 29.2 Å². The van der Waals surface area contributed by atoms with Gasteiger partial charge in [-0.15, -0.1) is 0 Å². The molecule has 1 aromatic rings. The highest BCUT2D eigenvalue weighted by Crippen LogP contribution is 2.43. The van der Waals surface area contributed by atoms with Crippen molar-refractivity contribution in [3.8, 4) is 0 Å². The Balaban J connectivity index is 2.03. The molecule has 0 spiro atoms. The van der Waals surface area contributed by atoms with Gasteiger partial charge in [-0.25, -0.2) is 9.79 Å². The quantitative estimate of drug-likeness (QED) is 0.553. The van der Waals surface area contributed by atoms with Gasteiger partial charge in [0.15, 0.2) is 5.17 Å². The maximum Gasteiger partial charge on any atom is 0.338 e. The summed E-state index contributed by atoms with van der Waals surface area (Å²) in [6, 6.07) is 7.48. The Hall–Kier alpha value is -2.12. The van der Waals surface area contributed by atoms with Crippen molar-refractivity contribution >= 4 is 28.8 Å². The number of benzene rings is 1. The minimum Gasteiger partial charge on any atom is -0.460 e. The molecule has 0 saturated carbocycles. The van der Waals surface area contributed by atoms with E-state index < -0.39 is 12.0 Å². The Morgan fingerprint density at radius 3 is 2.59 bits per heavy atom. The number of fused-ring (bicyclic) bond motifs is 1. The second-order valence-electron chi connectivity index (χ2n) is 6.49. The van der Waals surface area contributed by atoms with Gasteiger partial charge in [-0.1, -0.05) is 43.0 Å². The second-order valence-corrected chi connectivity index (χ2v) is 7.80. The average molecular weight is 388 g/mol. The molecule has 1 fully saturated rings. The third kappa shape index (κ3) is 3.80. The van der Waals surface area contributed by atoms with Gasteiger partial charge in [0.2, 0.25) is 5.91 Å². The van der Waals surface area contributed by atoms with E-state index in [1.54, 1.807) is 18.9 Å². The molecule has 2 atom stereocenters. The summed E-state index contributed by atoms with van der Waals surface area (Å²) < 4.78 is 10.3. The number of allylic oxidation sites excluding steroid dienone is 1. The molecule has 2 aliphatic rings. The molecular formula is C20H24N2O4S. The van der Waals surface area contributed by atoms with Crippen molar-refractivity contribution < 1.29 is 19.1 Å². The number of methoxy groups -OCH3 is 1. The summed E-state index contributed by atoms with van der Waals surface area (Å²) in [4.78, 5) is 31.8. The summed E-state index contributed by atoms with van der Waals surface area (Å²) in [6.07, 6.45) is 0.925. The fourth-order valence-electron chi connectivity index (χ4n) is 3.21. The molecule has 1 amide bonds. The average Bonchev–Trinajstić information content (AvgIpc) is 2.94. The number of ether oxygens (including phenoxy) is 2. The number of amides is 1. The lowest BCUT2D eigenvalue weighted by Crippen LogP contribution is -2.40. The van der Waals surface area contributed by atoms with Crippen molar-refractivity contribution in [2.75, 3.05) is 20.3 Å². The molecule has 0 N–H and O–H groups in total. The number of aliphatic imine (C=N–C) groups is 1. The zero-order chi connectivity index (χ0) is 19.6. The van der Waals surface area contributed by atoms with Crippen LogP contribution in [0.25, 0.3) is 0 Å². The van der Waals surface area contributed by atoms with Gasteiger partial charge in [0.25, 0.3) is 0 Å². The summed E-state index contributed by atoms with van der Waals surface area (Å²) in [7, 11) is 1.55. The van der Waals surface area contributed by atoms with Crippen LogP contribution in [0.3, 0.4) is 0 Å². The Labute approximate surface area is 163 Å². The highest BCUT2D eigenvalue weighted by Gasteiger charge is 2.46. The lowest BCUT2D eigenvalue weighted by atomic mass is 9.93. The first-order valence-corrected chi connectivity index (χ1v) is 9.90. The van der Waals surface area contributed by atoms with Crippen molar-refractivity contribution in [3.63, 3.8) is 0 Å². The van der Waals surface area contributed by atoms with Gasteiger partial charge in [0, 0.05) is 7.11 Å². The zero-order valence-electron chi connectivity index (χ0n) is 16.0. The molecular weight excluding hydrogens is 364 g/mol. The second kappa shape index (κ2) is 8.27. The first-order chi connectivity index (χ1) is 13.0. The molecule has 7 heteroatoms. The topological polar surface area (TPSA) is 68.2 Å². The van der Waals surface area contributed by atoms with E-state index in [9.17, 15) is 9.59 Å². The predicted octanol–water partition coefficient (Wildman–Crippen LogP) is 3.09. The maximum absolute atomic E-state index is 12.8. The predicted molar refractivity (Wildman–Crippen MR) is 105 cm³/mol. The molecule has 27 heavy (non-hydrogen) atoms. The standard InChI is InChI=1S/C20H24N2O4S/c1-5-14-6-8-15(9-7-14)17-16(19(24)26-11-10-25-4)12(2)21-20-22(17)18(23)13(3)27-20/h6-9,13,17H,5,10-11H2,1-4H3. The van der Waals surface area contributed by atoms with Crippen LogP contribution in [0.5, 0.6) is 0 Å². The Bertz CT molecular complexity index is 801. The lowest BCUT2D eigenvalue weighted by molar-refractivity contribution is -0.141. The minimum atomic E-state index is -0.525. The Kier molecular flexibility index (Phi) is 6.01. The molecule has 144 valence electrons. The van der Waals surface area contributed by atoms with Crippen LogP contribution in [0.1, 0.15) is 37.9 Å². The normalized spacial score (nSPS) is 22.0. The van der Waals surface area contributed by atoms with Crippen LogP contribution < -0.4 is 0 Å². The fourth-order valence-corrected chi connectivity index (χ4v) is 4.24. The number of hydrogen-bond acceptors (Lipinski definition) is 6. The molecule has 1 aromatic carbocycles. The van der Waals surface area contributed by atoms with E-state index >= 15 is 0 Å². The van der Waals surface area contributed by atoms with Crippen LogP contribution in [0.15, 0.2) is 40.5 Å². The largest absolute Gasteiger partial charge is 0.460 e. The van der Waals surface area contributed by atoms with Crippen molar-refractivity contribution in [2.45, 2.75) is 38.5 Å². The first kappa shape index (κ1) is 19.6. The van der Waals surface area contributed by atoms with E-state index in [0.29, 0.717) is 23.0 Å². The number of rotatable bonds is 6. The van der Waals surface area contributed by atoms with Crippen LogP contribution in [0, 0.1) is 0 Å². The van der Waals surface area contributed by atoms with Crippen LogP contribution >= 0.6 is 11.8 Å². The van der Waals surface area contributed by atoms with E-state index in [0.717, 1.165) is 12.0 Å². The monoisotopic (exact) mass is 388 g/mol. The molecule has 2 unspecified atom stereocenters. The highest BCUT2D eigenvalue weighted by atomic mass is 32.2. The molecule has 0 aliphatic carbocycles. The number of thioether (sulfide) groups is 1. The van der Waals surface area contributed by atoms with E-state index in [-0.39, 0.29) is 17.8 Å². The third-order valence-corrected chi connectivity index (χ3v) is 5.76. The van der Waals surface area contributed by atoms with E-state index in [1.165, 1.54) is 17.3 Å². The number of esters is 1. The smallest absolute Gasteiger partial charge is 0.338 e. The zero-order valence-corrected chi connectivity index (χ0v) is 16.8. The lowest BCUT2D eigenvalue weighted by Gasteiger charge is -2.33. The van der Waals surface area contributed by atoms with Crippen molar-refractivity contribution in [1.29, 1.82) is 0 Å². The Morgan fingerprint density at radius 1 is 1.26 bits per heavy atom. The van der Waals surface area contributed by atoms with Gasteiger partial charge in [-0.3, -0.25) is 9.69 Å². The number of hydrogen-bond donors (Lipinski definition) is 0. The van der Waals surface area contributed by atoms with Gasteiger partial charge in [-0.2, -0.15) is 0 Å². The number of carbonyl (C=O) groups is 2. The fraction of sp³-hybridized carbons (Fsp3) is 0.450.